The van der Waals surface area contributed by atoms with E-state index in [1.807, 2.05) is 0 Å². The Bertz CT molecular complexity index is 1180. The number of fused-ring (bicyclic) bond motifs is 1. The third-order valence-electron chi connectivity index (χ3n) is 6.38. The van der Waals surface area contributed by atoms with Gasteiger partial charge in [-0.3, -0.25) is 14.5 Å². The molecule has 3 amide bonds. The Labute approximate surface area is 235 Å². The molecule has 0 unspecified atom stereocenters. The molecule has 0 bridgehead atoms. The van der Waals surface area contributed by atoms with Gasteiger partial charge in [0.15, 0.2) is 0 Å². The van der Waals surface area contributed by atoms with Crippen LogP contribution in [0.25, 0.3) is 0 Å². The molecule has 1 aromatic carbocycles. The molecule has 2 heterocycles. The lowest BCUT2D eigenvalue weighted by Gasteiger charge is -2.29. The highest BCUT2D eigenvalue weighted by atomic mass is 32.2. The molecule has 1 saturated heterocycles. The largest absolute Gasteiger partial charge is 0.508 e. The molecule has 3 atom stereocenters. The van der Waals surface area contributed by atoms with Gasteiger partial charge in [-0.1, -0.05) is 0 Å². The van der Waals surface area contributed by atoms with Crippen molar-refractivity contribution in [1.29, 1.82) is 0 Å². The molecule has 1 fully saturated rings. The highest BCUT2D eigenvalue weighted by Gasteiger charge is 2.39. The van der Waals surface area contributed by atoms with E-state index in [0.717, 1.165) is 24.9 Å². The summed E-state index contributed by atoms with van der Waals surface area (Å²) in [4.78, 5) is 65.9. The Morgan fingerprint density at radius 3 is 2.55 bits per heavy atom. The van der Waals surface area contributed by atoms with Gasteiger partial charge in [-0.25, -0.2) is 14.4 Å². The van der Waals surface area contributed by atoms with Gasteiger partial charge in [0.25, 0.3) is 0 Å². The standard InChI is InChI=1S/C26H35N3O10S/c1-13-18(30)9-19(31)14-11-40-12-16(23(34)37-5)28-21(32)15(10-38-24(35)20(13)14)27-22(33)17-7-6-8-29(17)25(36)39-26(2,3)4/h9,15-17,30-31H,6-8,10-12H2,1-5H3,(H,27,33)(H,28,32)/t15-,16-,17-/m0/s1. The van der Waals surface area contributed by atoms with Crippen molar-refractivity contribution in [2.45, 2.75) is 70.0 Å². The summed E-state index contributed by atoms with van der Waals surface area (Å²) < 4.78 is 15.6. The average molecular weight is 582 g/mol. The van der Waals surface area contributed by atoms with E-state index in [1.54, 1.807) is 20.8 Å². The molecule has 0 saturated carbocycles. The van der Waals surface area contributed by atoms with Gasteiger partial charge in [0.2, 0.25) is 11.8 Å². The summed E-state index contributed by atoms with van der Waals surface area (Å²) in [6.07, 6.45) is 0.189. The summed E-state index contributed by atoms with van der Waals surface area (Å²) in [5, 5.41) is 25.7. The van der Waals surface area contributed by atoms with Crippen molar-refractivity contribution >= 4 is 41.6 Å². The van der Waals surface area contributed by atoms with E-state index in [-0.39, 0.29) is 46.2 Å². The van der Waals surface area contributed by atoms with Crippen molar-refractivity contribution in [2.24, 2.45) is 0 Å². The second-order valence-corrected chi connectivity index (χ2v) is 11.5. The van der Waals surface area contributed by atoms with Crippen LogP contribution in [0.1, 0.15) is 55.1 Å². The quantitative estimate of drug-likeness (QED) is 0.299. The van der Waals surface area contributed by atoms with Crippen LogP contribution in [0.2, 0.25) is 0 Å². The summed E-state index contributed by atoms with van der Waals surface area (Å²) in [5.74, 6) is -3.73. The first-order chi connectivity index (χ1) is 18.7. The number of benzene rings is 1. The zero-order valence-electron chi connectivity index (χ0n) is 23.1. The molecule has 14 heteroatoms. The second kappa shape index (κ2) is 12.7. The lowest BCUT2D eigenvalue weighted by atomic mass is 10.0. The molecule has 1 aromatic rings. The molecule has 3 rings (SSSR count). The number of aromatic hydroxyl groups is 2. The van der Waals surface area contributed by atoms with Crippen LogP contribution in [0.4, 0.5) is 4.79 Å². The minimum Gasteiger partial charge on any atom is -0.508 e. The molecule has 0 aliphatic carbocycles. The number of ether oxygens (including phenoxy) is 3. The molecule has 4 N–H and O–H groups in total. The number of esters is 2. The number of cyclic esters (lactones) is 1. The third-order valence-corrected chi connectivity index (χ3v) is 7.44. The Kier molecular flexibility index (Phi) is 9.77. The van der Waals surface area contributed by atoms with E-state index in [1.165, 1.54) is 11.8 Å². The topological polar surface area (TPSA) is 181 Å². The van der Waals surface area contributed by atoms with Crippen LogP contribution in [0.15, 0.2) is 6.07 Å². The van der Waals surface area contributed by atoms with E-state index in [0.29, 0.717) is 12.8 Å². The highest BCUT2D eigenvalue weighted by Crippen LogP contribution is 2.35. The number of rotatable bonds is 3. The second-order valence-electron chi connectivity index (χ2n) is 10.5. The molecule has 2 aliphatic heterocycles. The molecule has 220 valence electrons. The van der Waals surface area contributed by atoms with Gasteiger partial charge in [0.05, 0.1) is 12.7 Å². The molecule has 13 nitrogen and oxygen atoms in total. The minimum atomic E-state index is -1.44. The van der Waals surface area contributed by atoms with Crippen LogP contribution in [0, 0.1) is 6.92 Å². The Balaban J connectivity index is 1.89. The number of likely N-dealkylation sites (tertiary alicyclic amines) is 1. The van der Waals surface area contributed by atoms with Gasteiger partial charge >= 0.3 is 18.0 Å². The maximum absolute atomic E-state index is 13.3. The lowest BCUT2D eigenvalue weighted by molar-refractivity contribution is -0.144. The molecule has 2 aliphatic rings. The summed E-state index contributed by atoms with van der Waals surface area (Å²) in [7, 11) is 1.16. The number of hydrogen-bond donors (Lipinski definition) is 4. The van der Waals surface area contributed by atoms with Crippen LogP contribution in [0.5, 0.6) is 11.5 Å². The van der Waals surface area contributed by atoms with E-state index in [9.17, 15) is 34.2 Å². The number of amides is 3. The Hall–Kier alpha value is -3.68. The fourth-order valence-electron chi connectivity index (χ4n) is 4.35. The zero-order chi connectivity index (χ0) is 29.8. The number of nitrogens with zero attached hydrogens (tertiary/aromatic N) is 1. The summed E-state index contributed by atoms with van der Waals surface area (Å²) in [6, 6.07) is -2.38. The SMILES string of the molecule is COC(=O)[C@@H]1CSCc2c(O)cc(O)c(C)c2C(=O)OC[C@H](NC(=O)[C@@H]2CCCN2C(=O)OC(C)(C)C)C(=O)N1. The predicted octanol–water partition coefficient (Wildman–Crippen LogP) is 1.35. The van der Waals surface area contributed by atoms with Crippen molar-refractivity contribution in [3.63, 3.8) is 0 Å². The van der Waals surface area contributed by atoms with Crippen LogP contribution in [-0.4, -0.2) is 94.7 Å². The van der Waals surface area contributed by atoms with E-state index < -0.39 is 60.2 Å². The van der Waals surface area contributed by atoms with Gasteiger partial charge in [0.1, 0.15) is 41.8 Å². The van der Waals surface area contributed by atoms with Crippen molar-refractivity contribution < 1.29 is 48.4 Å². The first-order valence-corrected chi connectivity index (χ1v) is 13.9. The van der Waals surface area contributed by atoms with Crippen molar-refractivity contribution in [1.82, 2.24) is 15.5 Å². The molecule has 0 radical (unpaired) electrons. The Morgan fingerprint density at radius 1 is 1.20 bits per heavy atom. The van der Waals surface area contributed by atoms with E-state index in [2.05, 4.69) is 10.6 Å². The molecule has 40 heavy (non-hydrogen) atoms. The van der Waals surface area contributed by atoms with Crippen molar-refractivity contribution in [3.8, 4) is 11.5 Å². The number of phenols is 2. The monoisotopic (exact) mass is 581 g/mol. The molecular formula is C26H35N3O10S. The average Bonchev–Trinajstić information content (AvgIpc) is 3.37. The van der Waals surface area contributed by atoms with Crippen molar-refractivity contribution in [3.05, 3.63) is 22.8 Å². The fourth-order valence-corrected chi connectivity index (χ4v) is 5.42. The van der Waals surface area contributed by atoms with Crippen LogP contribution in [-0.2, 0) is 34.3 Å². The number of methoxy groups -OCH3 is 1. The number of carbonyl (C=O) groups is 5. The van der Waals surface area contributed by atoms with Gasteiger partial charge in [0, 0.05) is 35.2 Å². The molecular weight excluding hydrogens is 546 g/mol. The number of phenolic OH excluding ortho intramolecular Hbond substituents is 2. The van der Waals surface area contributed by atoms with Crippen molar-refractivity contribution in [2.75, 3.05) is 26.0 Å². The van der Waals surface area contributed by atoms with E-state index >= 15 is 0 Å². The van der Waals surface area contributed by atoms with Gasteiger partial charge < -0.3 is 35.1 Å². The first kappa shape index (κ1) is 30.9. The normalized spacial score (nSPS) is 22.1. The summed E-state index contributed by atoms with van der Waals surface area (Å²) >= 11 is 1.13. The number of thioether (sulfide) groups is 1. The van der Waals surface area contributed by atoms with Gasteiger partial charge in [-0.2, -0.15) is 11.8 Å². The van der Waals surface area contributed by atoms with Crippen LogP contribution in [0.3, 0.4) is 0 Å². The van der Waals surface area contributed by atoms with Gasteiger partial charge in [-0.05, 0) is 40.5 Å². The molecule has 0 spiro atoms. The summed E-state index contributed by atoms with van der Waals surface area (Å²) in [5.41, 5.74) is -0.526. The minimum absolute atomic E-state index is 0.0159. The molecule has 0 aromatic heterocycles. The zero-order valence-corrected chi connectivity index (χ0v) is 23.9. The first-order valence-electron chi connectivity index (χ1n) is 12.7. The lowest BCUT2D eigenvalue weighted by Crippen LogP contribution is -2.57. The van der Waals surface area contributed by atoms with E-state index in [4.69, 9.17) is 14.2 Å². The summed E-state index contributed by atoms with van der Waals surface area (Å²) in [6.45, 7) is 6.23. The van der Waals surface area contributed by atoms with Crippen LogP contribution < -0.4 is 10.6 Å². The Morgan fingerprint density at radius 2 is 1.90 bits per heavy atom. The smallest absolute Gasteiger partial charge is 0.410 e. The van der Waals surface area contributed by atoms with Gasteiger partial charge in [-0.15, -0.1) is 0 Å². The maximum atomic E-state index is 13.3. The fraction of sp³-hybridized carbons (Fsp3) is 0.577. The van der Waals surface area contributed by atoms with Crippen LogP contribution >= 0.6 is 11.8 Å². The number of carbonyl (C=O) groups excluding carboxylic acids is 5. The number of hydrogen-bond acceptors (Lipinski definition) is 11. The third kappa shape index (κ3) is 7.29. The maximum Gasteiger partial charge on any atom is 0.410 e. The highest BCUT2D eigenvalue weighted by molar-refractivity contribution is 7.98. The predicted molar refractivity (Wildman–Crippen MR) is 143 cm³/mol. The number of nitrogens with one attached hydrogen (secondary N) is 2.